The quantitative estimate of drug-likeness (QED) is 0.611. The fraction of sp³-hybridized carbons (Fsp3) is 0.300. The molecule has 0 spiro atoms. The Kier molecular flexibility index (Phi) is 1.91. The van der Waals surface area contributed by atoms with Crippen LogP contribution in [0.2, 0.25) is 0 Å². The van der Waals surface area contributed by atoms with E-state index in [0.717, 1.165) is 17.7 Å². The number of nitrogens with two attached hydrogens (primary N) is 1. The van der Waals surface area contributed by atoms with Crippen LogP contribution in [0.5, 0.6) is 5.75 Å². The minimum absolute atomic E-state index is 0.0189. The van der Waals surface area contributed by atoms with Gasteiger partial charge < -0.3 is 10.5 Å². The number of benzene rings is 1. The molecule has 2 rings (SSSR count). The van der Waals surface area contributed by atoms with Gasteiger partial charge in [-0.1, -0.05) is 6.07 Å². The van der Waals surface area contributed by atoms with Gasteiger partial charge in [0.2, 0.25) is 0 Å². The normalized spacial score (nSPS) is 19.8. The van der Waals surface area contributed by atoms with Crippen LogP contribution in [-0.2, 0) is 0 Å². The van der Waals surface area contributed by atoms with Crippen LogP contribution in [0.25, 0.3) is 4.85 Å². The summed E-state index contributed by atoms with van der Waals surface area (Å²) in [6.07, 6.45) is 0.828. The van der Waals surface area contributed by atoms with Gasteiger partial charge in [0.15, 0.2) is 5.69 Å². The number of nitrogens with zero attached hydrogens (tertiary/aromatic N) is 1. The highest BCUT2D eigenvalue weighted by molar-refractivity contribution is 5.53. The average Bonchev–Trinajstić information content (AvgIpc) is 2.18. The predicted molar refractivity (Wildman–Crippen MR) is 49.7 cm³/mol. The van der Waals surface area contributed by atoms with E-state index < -0.39 is 0 Å². The first-order chi connectivity index (χ1) is 6.31. The first-order valence-corrected chi connectivity index (χ1v) is 4.21. The molecule has 13 heavy (non-hydrogen) atoms. The third kappa shape index (κ3) is 1.36. The Morgan fingerprint density at radius 3 is 3.15 bits per heavy atom. The molecule has 1 aliphatic rings. The maximum Gasteiger partial charge on any atom is 0.187 e. The molecule has 0 aliphatic carbocycles. The van der Waals surface area contributed by atoms with Crippen LogP contribution in [-0.4, -0.2) is 6.61 Å². The van der Waals surface area contributed by atoms with E-state index in [9.17, 15) is 0 Å². The van der Waals surface area contributed by atoms with Gasteiger partial charge >= 0.3 is 0 Å². The largest absolute Gasteiger partial charge is 0.493 e. The van der Waals surface area contributed by atoms with Crippen molar-refractivity contribution in [1.82, 2.24) is 0 Å². The maximum atomic E-state index is 6.87. The molecular weight excluding hydrogens is 164 g/mol. The van der Waals surface area contributed by atoms with E-state index in [2.05, 4.69) is 4.85 Å². The monoisotopic (exact) mass is 174 g/mol. The molecule has 3 nitrogen and oxygen atoms in total. The zero-order valence-corrected chi connectivity index (χ0v) is 7.16. The Morgan fingerprint density at radius 2 is 2.38 bits per heavy atom. The van der Waals surface area contributed by atoms with Crippen molar-refractivity contribution in [2.75, 3.05) is 6.61 Å². The highest BCUT2D eigenvalue weighted by Gasteiger charge is 2.17. The number of ether oxygens (including phenoxy) is 1. The summed E-state index contributed by atoms with van der Waals surface area (Å²) < 4.78 is 5.41. The number of hydrogen-bond donors (Lipinski definition) is 1. The van der Waals surface area contributed by atoms with Crippen molar-refractivity contribution >= 4 is 5.69 Å². The van der Waals surface area contributed by atoms with Crippen molar-refractivity contribution in [2.24, 2.45) is 5.73 Å². The lowest BCUT2D eigenvalue weighted by molar-refractivity contribution is 0.269. The molecule has 66 valence electrons. The van der Waals surface area contributed by atoms with Crippen LogP contribution in [0.15, 0.2) is 18.2 Å². The smallest absolute Gasteiger partial charge is 0.187 e. The molecule has 0 bridgehead atoms. The second-order valence-electron chi connectivity index (χ2n) is 3.08. The molecule has 2 N–H and O–H groups in total. The lowest BCUT2D eigenvalue weighted by Crippen LogP contribution is -2.20. The van der Waals surface area contributed by atoms with Gasteiger partial charge in [0.25, 0.3) is 0 Å². The van der Waals surface area contributed by atoms with Crippen molar-refractivity contribution in [1.29, 1.82) is 0 Å². The zero-order chi connectivity index (χ0) is 9.26. The summed E-state index contributed by atoms with van der Waals surface area (Å²) in [4.78, 5) is 3.35. The van der Waals surface area contributed by atoms with Gasteiger partial charge in [0.1, 0.15) is 5.75 Å². The van der Waals surface area contributed by atoms with Gasteiger partial charge in [0, 0.05) is 18.0 Å². The van der Waals surface area contributed by atoms with Crippen LogP contribution < -0.4 is 10.5 Å². The summed E-state index contributed by atoms with van der Waals surface area (Å²) in [6, 6.07) is 5.41. The van der Waals surface area contributed by atoms with E-state index >= 15 is 0 Å². The summed E-state index contributed by atoms with van der Waals surface area (Å²) in [5, 5.41) is 0. The molecule has 1 unspecified atom stereocenters. The molecule has 1 aromatic rings. The minimum Gasteiger partial charge on any atom is -0.493 e. The van der Waals surface area contributed by atoms with Crippen LogP contribution >= 0.6 is 0 Å². The molecule has 1 aromatic carbocycles. The Hall–Kier alpha value is -1.53. The van der Waals surface area contributed by atoms with Crippen molar-refractivity contribution in [3.8, 4) is 5.75 Å². The van der Waals surface area contributed by atoms with Crippen LogP contribution in [0, 0.1) is 6.57 Å². The lowest BCUT2D eigenvalue weighted by Gasteiger charge is -2.22. The minimum atomic E-state index is 0.0189. The second-order valence-corrected chi connectivity index (χ2v) is 3.08. The van der Waals surface area contributed by atoms with E-state index in [1.54, 1.807) is 6.07 Å². The third-order valence-electron chi connectivity index (χ3n) is 2.21. The van der Waals surface area contributed by atoms with Crippen molar-refractivity contribution in [2.45, 2.75) is 12.5 Å². The molecule has 0 saturated heterocycles. The Balaban J connectivity index is 2.48. The molecule has 0 saturated carbocycles. The standard InChI is InChI=1S/C10H10N2O/c1-12-7-2-3-10-8(6-7)9(11)4-5-13-10/h2-3,6,9H,4-5,11H2. The molecular formula is C10H10N2O. The highest BCUT2D eigenvalue weighted by Crippen LogP contribution is 2.33. The van der Waals surface area contributed by atoms with Gasteiger partial charge in [0.05, 0.1) is 13.2 Å². The van der Waals surface area contributed by atoms with E-state index in [0.29, 0.717) is 12.3 Å². The predicted octanol–water partition coefficient (Wildman–Crippen LogP) is 2.02. The molecule has 1 atom stereocenters. The number of fused-ring (bicyclic) bond motifs is 1. The van der Waals surface area contributed by atoms with Gasteiger partial charge in [-0.05, 0) is 12.1 Å². The van der Waals surface area contributed by atoms with E-state index in [-0.39, 0.29) is 6.04 Å². The Morgan fingerprint density at radius 1 is 1.54 bits per heavy atom. The van der Waals surface area contributed by atoms with Gasteiger partial charge in [-0.3, -0.25) is 0 Å². The highest BCUT2D eigenvalue weighted by atomic mass is 16.5. The third-order valence-corrected chi connectivity index (χ3v) is 2.21. The zero-order valence-electron chi connectivity index (χ0n) is 7.16. The molecule has 1 heterocycles. The first-order valence-electron chi connectivity index (χ1n) is 4.21. The van der Waals surface area contributed by atoms with Crippen molar-refractivity contribution in [3.05, 3.63) is 35.2 Å². The Bertz CT molecular complexity index is 368. The summed E-state index contributed by atoms with van der Waals surface area (Å²) in [6.45, 7) is 7.54. The van der Waals surface area contributed by atoms with Crippen LogP contribution in [0.4, 0.5) is 5.69 Å². The van der Waals surface area contributed by atoms with Gasteiger partial charge in [-0.25, -0.2) is 4.85 Å². The van der Waals surface area contributed by atoms with Crippen LogP contribution in [0.1, 0.15) is 18.0 Å². The molecule has 0 aromatic heterocycles. The van der Waals surface area contributed by atoms with Crippen molar-refractivity contribution < 1.29 is 4.74 Å². The SMILES string of the molecule is [C-]#[N+]c1ccc2c(c1)C(N)CCO2. The van der Waals surface area contributed by atoms with E-state index in [4.69, 9.17) is 17.0 Å². The van der Waals surface area contributed by atoms with Crippen molar-refractivity contribution in [3.63, 3.8) is 0 Å². The summed E-state index contributed by atoms with van der Waals surface area (Å²) in [5.74, 6) is 0.825. The fourth-order valence-corrected chi connectivity index (χ4v) is 1.48. The fourth-order valence-electron chi connectivity index (χ4n) is 1.48. The van der Waals surface area contributed by atoms with Gasteiger partial charge in [-0.2, -0.15) is 0 Å². The number of hydrogen-bond acceptors (Lipinski definition) is 2. The van der Waals surface area contributed by atoms with Gasteiger partial charge in [-0.15, -0.1) is 0 Å². The Labute approximate surface area is 76.9 Å². The molecule has 1 aliphatic heterocycles. The topological polar surface area (TPSA) is 39.6 Å². The van der Waals surface area contributed by atoms with E-state index in [1.807, 2.05) is 12.1 Å². The average molecular weight is 174 g/mol. The maximum absolute atomic E-state index is 6.87. The lowest BCUT2D eigenvalue weighted by atomic mass is 10.0. The summed E-state index contributed by atoms with van der Waals surface area (Å²) in [5.41, 5.74) is 7.47. The molecule has 0 amide bonds. The second kappa shape index (κ2) is 3.08. The molecule has 3 heteroatoms. The summed E-state index contributed by atoms with van der Waals surface area (Å²) in [7, 11) is 0. The number of rotatable bonds is 0. The summed E-state index contributed by atoms with van der Waals surface area (Å²) >= 11 is 0. The first kappa shape index (κ1) is 8.09. The molecule has 0 radical (unpaired) electrons. The van der Waals surface area contributed by atoms with Crippen LogP contribution in [0.3, 0.4) is 0 Å². The van der Waals surface area contributed by atoms with E-state index in [1.165, 1.54) is 0 Å². The molecule has 0 fully saturated rings.